The van der Waals surface area contributed by atoms with Crippen molar-refractivity contribution in [2.75, 3.05) is 30.9 Å². The Labute approximate surface area is 136 Å². The molecule has 0 aliphatic rings. The van der Waals surface area contributed by atoms with E-state index in [9.17, 15) is 13.2 Å². The lowest BCUT2D eigenvalue weighted by molar-refractivity contribution is -0.141. The molecule has 0 unspecified atom stereocenters. The molecule has 6 nitrogen and oxygen atoms in total. The number of para-hydroxylation sites is 2. The normalized spacial score (nSPS) is 11.2. The summed E-state index contributed by atoms with van der Waals surface area (Å²) < 4.78 is 44.2. The maximum absolute atomic E-state index is 13.0. The topological polar surface area (TPSA) is 79.3 Å². The summed E-state index contributed by atoms with van der Waals surface area (Å²) in [5.74, 6) is 0.281. The van der Waals surface area contributed by atoms with Gasteiger partial charge < -0.3 is 20.5 Å². The lowest BCUT2D eigenvalue weighted by Crippen LogP contribution is -2.14. The van der Waals surface area contributed by atoms with E-state index in [1.165, 1.54) is 7.11 Å². The van der Waals surface area contributed by atoms with Crippen LogP contribution in [0.3, 0.4) is 0 Å². The molecule has 0 atom stereocenters. The van der Waals surface area contributed by atoms with Crippen LogP contribution in [-0.2, 0) is 6.18 Å². The van der Waals surface area contributed by atoms with Crippen molar-refractivity contribution in [3.8, 4) is 5.75 Å². The Morgan fingerprint density at radius 1 is 1.21 bits per heavy atom. The largest absolute Gasteiger partial charge is 0.495 e. The fourth-order valence-corrected chi connectivity index (χ4v) is 1.90. The molecule has 9 heteroatoms. The van der Waals surface area contributed by atoms with Gasteiger partial charge in [-0.1, -0.05) is 12.1 Å². The summed E-state index contributed by atoms with van der Waals surface area (Å²) in [5.41, 5.74) is -0.588. The van der Waals surface area contributed by atoms with E-state index in [1.807, 2.05) is 0 Å². The Kier molecular flexibility index (Phi) is 5.80. The average Bonchev–Trinajstić information content (AvgIpc) is 2.54. The van der Waals surface area contributed by atoms with Crippen LogP contribution < -0.4 is 15.4 Å². The van der Waals surface area contributed by atoms with E-state index < -0.39 is 11.9 Å². The number of nitrogens with one attached hydrogen (secondary N) is 2. The zero-order valence-electron chi connectivity index (χ0n) is 12.9. The first-order valence-electron chi connectivity index (χ1n) is 7.15. The number of aromatic nitrogens is 2. The molecular formula is C15H17F3N4O2. The molecule has 0 aliphatic heterocycles. The monoisotopic (exact) mass is 342 g/mol. The summed E-state index contributed by atoms with van der Waals surface area (Å²) >= 11 is 0. The number of benzene rings is 1. The van der Waals surface area contributed by atoms with Crippen molar-refractivity contribution in [2.24, 2.45) is 0 Å². The predicted octanol–water partition coefficient (Wildman–Crippen LogP) is 3.04. The standard InChI is InChI=1S/C15H17F3N4O2/c1-24-11-6-3-2-5-10(11)20-13-9-12(15(16,17)18)21-14(22-13)19-7-4-8-23/h2-3,5-6,9,23H,4,7-8H2,1H3,(H2,19,20,21,22). The number of rotatable bonds is 7. The number of halogens is 3. The van der Waals surface area contributed by atoms with Crippen LogP contribution in [0.5, 0.6) is 5.75 Å². The maximum atomic E-state index is 13.0. The van der Waals surface area contributed by atoms with Crippen LogP contribution in [0.2, 0.25) is 0 Å². The molecular weight excluding hydrogens is 325 g/mol. The SMILES string of the molecule is COc1ccccc1Nc1cc(C(F)(F)F)nc(NCCCO)n1. The Morgan fingerprint density at radius 3 is 2.62 bits per heavy atom. The smallest absolute Gasteiger partial charge is 0.433 e. The van der Waals surface area contributed by atoms with Crippen LogP contribution in [0.15, 0.2) is 30.3 Å². The quantitative estimate of drug-likeness (QED) is 0.671. The number of alkyl halides is 3. The van der Waals surface area contributed by atoms with E-state index in [2.05, 4.69) is 20.6 Å². The van der Waals surface area contributed by atoms with Gasteiger partial charge >= 0.3 is 6.18 Å². The van der Waals surface area contributed by atoms with E-state index in [4.69, 9.17) is 9.84 Å². The van der Waals surface area contributed by atoms with Gasteiger partial charge in [-0.15, -0.1) is 0 Å². The number of methoxy groups -OCH3 is 1. The molecule has 3 N–H and O–H groups in total. The highest BCUT2D eigenvalue weighted by molar-refractivity contribution is 5.64. The van der Waals surface area contributed by atoms with Gasteiger partial charge in [0, 0.05) is 19.2 Å². The predicted molar refractivity (Wildman–Crippen MR) is 83.5 cm³/mol. The van der Waals surface area contributed by atoms with E-state index >= 15 is 0 Å². The van der Waals surface area contributed by atoms with E-state index in [1.54, 1.807) is 24.3 Å². The second-order valence-corrected chi connectivity index (χ2v) is 4.79. The van der Waals surface area contributed by atoms with Crippen LogP contribution in [0, 0.1) is 0 Å². The number of nitrogens with zero attached hydrogens (tertiary/aromatic N) is 2. The van der Waals surface area contributed by atoms with Crippen LogP contribution >= 0.6 is 0 Å². The highest BCUT2D eigenvalue weighted by atomic mass is 19.4. The molecule has 2 aromatic rings. The van der Waals surface area contributed by atoms with E-state index in [-0.39, 0.29) is 24.9 Å². The number of ether oxygens (including phenoxy) is 1. The van der Waals surface area contributed by atoms with Crippen LogP contribution in [0.1, 0.15) is 12.1 Å². The van der Waals surface area contributed by atoms with Crippen molar-refractivity contribution in [1.82, 2.24) is 9.97 Å². The molecule has 0 bridgehead atoms. The maximum Gasteiger partial charge on any atom is 0.433 e. The first-order valence-corrected chi connectivity index (χ1v) is 7.15. The summed E-state index contributed by atoms with van der Waals surface area (Å²) in [4.78, 5) is 7.48. The van der Waals surface area contributed by atoms with Gasteiger partial charge in [0.25, 0.3) is 0 Å². The molecule has 0 aliphatic carbocycles. The molecule has 0 radical (unpaired) electrons. The summed E-state index contributed by atoms with van der Waals surface area (Å²) in [6.07, 6.45) is -4.23. The third kappa shape index (κ3) is 4.72. The van der Waals surface area contributed by atoms with Crippen molar-refractivity contribution >= 4 is 17.5 Å². The molecule has 1 heterocycles. The van der Waals surface area contributed by atoms with Crippen LogP contribution in [-0.4, -0.2) is 35.3 Å². The van der Waals surface area contributed by atoms with Crippen LogP contribution in [0.4, 0.5) is 30.6 Å². The summed E-state index contributed by atoms with van der Waals surface area (Å²) in [6, 6.07) is 7.62. The van der Waals surface area contributed by atoms with Crippen molar-refractivity contribution in [1.29, 1.82) is 0 Å². The van der Waals surface area contributed by atoms with E-state index in [0.717, 1.165) is 6.07 Å². The van der Waals surface area contributed by atoms with Crippen molar-refractivity contribution in [3.63, 3.8) is 0 Å². The van der Waals surface area contributed by atoms with Gasteiger partial charge in [0.2, 0.25) is 5.95 Å². The number of anilines is 3. The first kappa shape index (κ1) is 17.8. The first-order chi connectivity index (χ1) is 11.4. The second-order valence-electron chi connectivity index (χ2n) is 4.79. The van der Waals surface area contributed by atoms with Crippen molar-refractivity contribution < 1.29 is 23.0 Å². The third-order valence-corrected chi connectivity index (χ3v) is 3.00. The van der Waals surface area contributed by atoms with Gasteiger partial charge in [0.15, 0.2) is 5.69 Å². The minimum absolute atomic E-state index is 0.0201. The van der Waals surface area contributed by atoms with Gasteiger partial charge in [0.05, 0.1) is 12.8 Å². The molecule has 0 amide bonds. The molecule has 2 rings (SSSR count). The molecule has 0 saturated carbocycles. The van der Waals surface area contributed by atoms with Gasteiger partial charge in [-0.25, -0.2) is 4.98 Å². The Balaban J connectivity index is 2.32. The molecule has 0 spiro atoms. The second kappa shape index (κ2) is 7.82. The number of hydrogen-bond acceptors (Lipinski definition) is 6. The van der Waals surface area contributed by atoms with Crippen LogP contribution in [0.25, 0.3) is 0 Å². The fraction of sp³-hybridized carbons (Fsp3) is 0.333. The summed E-state index contributed by atoms with van der Waals surface area (Å²) in [6.45, 7) is 0.171. The van der Waals surface area contributed by atoms with E-state index in [0.29, 0.717) is 17.9 Å². The molecule has 0 saturated heterocycles. The Morgan fingerprint density at radius 2 is 1.96 bits per heavy atom. The highest BCUT2D eigenvalue weighted by Crippen LogP contribution is 2.32. The number of aliphatic hydroxyl groups is 1. The Bertz CT molecular complexity index is 680. The lowest BCUT2D eigenvalue weighted by atomic mass is 10.3. The highest BCUT2D eigenvalue weighted by Gasteiger charge is 2.33. The Hall–Kier alpha value is -2.55. The van der Waals surface area contributed by atoms with Gasteiger partial charge in [-0.2, -0.15) is 18.2 Å². The van der Waals surface area contributed by atoms with Crippen molar-refractivity contribution in [3.05, 3.63) is 36.0 Å². The minimum atomic E-state index is -4.60. The molecule has 1 aromatic carbocycles. The number of aliphatic hydroxyl groups excluding tert-OH is 1. The molecule has 130 valence electrons. The zero-order valence-corrected chi connectivity index (χ0v) is 12.9. The average molecular weight is 342 g/mol. The van der Waals surface area contributed by atoms with Gasteiger partial charge in [-0.3, -0.25) is 0 Å². The third-order valence-electron chi connectivity index (χ3n) is 3.00. The summed E-state index contributed by atoms with van der Waals surface area (Å²) in [5, 5.41) is 14.2. The fourth-order valence-electron chi connectivity index (χ4n) is 1.90. The zero-order chi connectivity index (χ0) is 17.6. The van der Waals surface area contributed by atoms with Gasteiger partial charge in [-0.05, 0) is 18.6 Å². The molecule has 0 fully saturated rings. The van der Waals surface area contributed by atoms with Crippen molar-refractivity contribution in [2.45, 2.75) is 12.6 Å². The molecule has 24 heavy (non-hydrogen) atoms. The van der Waals surface area contributed by atoms with Gasteiger partial charge in [0.1, 0.15) is 11.6 Å². The lowest BCUT2D eigenvalue weighted by Gasteiger charge is -2.14. The molecule has 1 aromatic heterocycles. The number of hydrogen-bond donors (Lipinski definition) is 3. The minimum Gasteiger partial charge on any atom is -0.495 e. The summed E-state index contributed by atoms with van der Waals surface area (Å²) in [7, 11) is 1.46.